The Labute approximate surface area is 224 Å². The van der Waals surface area contributed by atoms with E-state index >= 15 is 4.39 Å². The summed E-state index contributed by atoms with van der Waals surface area (Å²) >= 11 is 0. The Kier molecular flexibility index (Phi) is 9.72. The number of anilines is 2. The van der Waals surface area contributed by atoms with E-state index in [1.807, 2.05) is 4.90 Å². The number of hydrogen-bond acceptors (Lipinski definition) is 5. The van der Waals surface area contributed by atoms with Crippen LogP contribution in [0.2, 0.25) is 0 Å². The highest BCUT2D eigenvalue weighted by Gasteiger charge is 2.43. The van der Waals surface area contributed by atoms with E-state index in [2.05, 4.69) is 17.2 Å². The second kappa shape index (κ2) is 11.9. The van der Waals surface area contributed by atoms with Crippen molar-refractivity contribution in [2.75, 3.05) is 23.3 Å². The van der Waals surface area contributed by atoms with E-state index in [0.717, 1.165) is 30.7 Å². The molecule has 4 rings (SSSR count). The number of amides is 1. The lowest BCUT2D eigenvalue weighted by molar-refractivity contribution is -0.112. The van der Waals surface area contributed by atoms with Gasteiger partial charge in [0.05, 0.1) is 40.4 Å². The van der Waals surface area contributed by atoms with Crippen molar-refractivity contribution in [3.8, 4) is 6.07 Å². The fourth-order valence-electron chi connectivity index (χ4n) is 4.56. The van der Waals surface area contributed by atoms with Gasteiger partial charge in [0.2, 0.25) is 0 Å². The van der Waals surface area contributed by atoms with Crippen LogP contribution in [0.5, 0.6) is 0 Å². The molecule has 1 aromatic carbocycles. The summed E-state index contributed by atoms with van der Waals surface area (Å²) < 4.78 is 59.2. The first-order valence-corrected chi connectivity index (χ1v) is 11.0. The van der Waals surface area contributed by atoms with E-state index in [9.17, 15) is 18.0 Å². The van der Waals surface area contributed by atoms with E-state index in [1.54, 1.807) is 18.3 Å². The molecule has 0 radical (unpaired) electrons. The highest BCUT2D eigenvalue weighted by atomic mass is 35.5. The molecule has 2 heterocycles. The molecule has 1 amide bonds. The largest absolute Gasteiger partial charge is 0.368 e. The lowest BCUT2D eigenvalue weighted by Gasteiger charge is -2.37. The van der Waals surface area contributed by atoms with E-state index in [0.29, 0.717) is 24.7 Å². The molecule has 6 nitrogen and oxygen atoms in total. The van der Waals surface area contributed by atoms with Crippen LogP contribution in [-0.4, -0.2) is 35.9 Å². The lowest BCUT2D eigenvalue weighted by atomic mass is 9.88. The monoisotopic (exact) mass is 557 g/mol. The zero-order chi connectivity index (χ0) is 25.3. The highest BCUT2D eigenvalue weighted by Crippen LogP contribution is 2.45. The molecule has 2 aliphatic rings. The highest BCUT2D eigenvalue weighted by molar-refractivity contribution is 6.10. The minimum atomic E-state index is -3.75. The standard InChI is InChI=1S/C25H23F4N5O.2ClH/c1-14-8-16(31)13-34(12-14)21-5-7-32-11-20(21)33-24(35)18-4-6-25(28,29)22(23(18)27)17-3-2-15(10-30)9-19(17)26;;/h2-5,7,9,11,14,16H,6,8,12-13,31H2,1H3,(H,33,35);2*1H/t14-,16+;;/m1../s1. The SMILES string of the molecule is C[C@@H]1C[C@H](N)CN(c2ccncc2NC(=O)C2=CCC(F)(F)C(c3ccc(C#N)cc3F)=C2F)C1.Cl.Cl. The van der Waals surface area contributed by atoms with Crippen molar-refractivity contribution in [1.82, 2.24) is 4.98 Å². The Hall–Kier alpha value is -3.13. The Morgan fingerprint density at radius 3 is 2.62 bits per heavy atom. The summed E-state index contributed by atoms with van der Waals surface area (Å²) in [5.74, 6) is -7.11. The first kappa shape index (κ1) is 30.1. The molecule has 1 aliphatic heterocycles. The van der Waals surface area contributed by atoms with E-state index in [1.165, 1.54) is 6.20 Å². The molecule has 0 bridgehead atoms. The average Bonchev–Trinajstić information content (AvgIpc) is 2.79. The third kappa shape index (κ3) is 6.24. The summed E-state index contributed by atoms with van der Waals surface area (Å²) in [5, 5.41) is 11.5. The van der Waals surface area contributed by atoms with Crippen LogP contribution in [0.4, 0.5) is 28.9 Å². The first-order chi connectivity index (χ1) is 16.6. The van der Waals surface area contributed by atoms with Gasteiger partial charge >= 0.3 is 0 Å². The number of rotatable bonds is 4. The predicted molar refractivity (Wildman–Crippen MR) is 138 cm³/mol. The van der Waals surface area contributed by atoms with Crippen LogP contribution < -0.4 is 16.0 Å². The Morgan fingerprint density at radius 2 is 1.97 bits per heavy atom. The molecule has 1 fully saturated rings. The lowest BCUT2D eigenvalue weighted by Crippen LogP contribution is -2.46. The van der Waals surface area contributed by atoms with Crippen molar-refractivity contribution < 1.29 is 22.4 Å². The number of nitrogens with one attached hydrogen (secondary N) is 1. The maximum Gasteiger partial charge on any atom is 0.280 e. The Bertz CT molecular complexity index is 1270. The molecular formula is C25H25Cl2F4N5O. The van der Waals surface area contributed by atoms with Gasteiger partial charge in [-0.25, -0.2) is 17.6 Å². The quantitative estimate of drug-likeness (QED) is 0.491. The fraction of sp³-hybridized carbons (Fsp3) is 0.320. The van der Waals surface area contributed by atoms with Crippen LogP contribution in [0.15, 0.2) is 54.1 Å². The molecule has 0 spiro atoms. The minimum Gasteiger partial charge on any atom is -0.368 e. The van der Waals surface area contributed by atoms with Crippen LogP contribution in [0.3, 0.4) is 0 Å². The maximum atomic E-state index is 15.4. The zero-order valence-electron chi connectivity index (χ0n) is 19.7. The van der Waals surface area contributed by atoms with Gasteiger partial charge in [0.25, 0.3) is 11.8 Å². The smallest absolute Gasteiger partial charge is 0.280 e. The summed E-state index contributed by atoms with van der Waals surface area (Å²) in [6, 6.07) is 6.08. The van der Waals surface area contributed by atoms with Crippen molar-refractivity contribution in [2.24, 2.45) is 11.7 Å². The molecule has 3 N–H and O–H groups in total. The number of nitriles is 1. The fourth-order valence-corrected chi connectivity index (χ4v) is 4.56. The molecule has 37 heavy (non-hydrogen) atoms. The number of alkyl halides is 2. The van der Waals surface area contributed by atoms with Gasteiger partial charge in [-0.3, -0.25) is 9.78 Å². The van der Waals surface area contributed by atoms with Crippen LogP contribution >= 0.6 is 24.8 Å². The number of allylic oxidation sites excluding steroid dienone is 2. The molecule has 0 unspecified atom stereocenters. The third-order valence-electron chi connectivity index (χ3n) is 6.08. The van der Waals surface area contributed by atoms with Crippen LogP contribution in [0, 0.1) is 23.1 Å². The number of pyridine rings is 1. The topological polar surface area (TPSA) is 95.0 Å². The van der Waals surface area contributed by atoms with E-state index < -0.39 is 46.6 Å². The summed E-state index contributed by atoms with van der Waals surface area (Å²) in [4.78, 5) is 19.0. The number of benzene rings is 1. The second-order valence-electron chi connectivity index (χ2n) is 8.87. The van der Waals surface area contributed by atoms with E-state index in [-0.39, 0.29) is 42.1 Å². The summed E-state index contributed by atoms with van der Waals surface area (Å²) in [5.41, 5.74) is 4.37. The molecule has 12 heteroatoms. The summed E-state index contributed by atoms with van der Waals surface area (Å²) in [6.07, 6.45) is 3.59. The van der Waals surface area contributed by atoms with Gasteiger partial charge in [-0.05, 0) is 30.5 Å². The molecule has 2 atom stereocenters. The Morgan fingerprint density at radius 1 is 1.24 bits per heavy atom. The molecule has 198 valence electrons. The van der Waals surface area contributed by atoms with Gasteiger partial charge in [-0.2, -0.15) is 5.26 Å². The van der Waals surface area contributed by atoms with Gasteiger partial charge in [-0.1, -0.05) is 19.1 Å². The average molecular weight is 558 g/mol. The summed E-state index contributed by atoms with van der Waals surface area (Å²) in [7, 11) is 0. The van der Waals surface area contributed by atoms with Crippen molar-refractivity contribution in [3.05, 3.63) is 71.1 Å². The van der Waals surface area contributed by atoms with Gasteiger partial charge in [0.15, 0.2) is 0 Å². The number of carbonyl (C=O) groups excluding carboxylic acids is 1. The van der Waals surface area contributed by atoms with Crippen molar-refractivity contribution in [2.45, 2.75) is 31.7 Å². The van der Waals surface area contributed by atoms with Crippen LogP contribution in [0.1, 0.15) is 30.9 Å². The Balaban J connectivity index is 0.00000241. The van der Waals surface area contributed by atoms with Gasteiger partial charge in [-0.15, -0.1) is 24.8 Å². The molecule has 0 saturated carbocycles. The third-order valence-corrected chi connectivity index (χ3v) is 6.08. The second-order valence-corrected chi connectivity index (χ2v) is 8.87. The number of aromatic nitrogens is 1. The molecule has 1 saturated heterocycles. The molecule has 2 aromatic rings. The van der Waals surface area contributed by atoms with Crippen molar-refractivity contribution in [3.63, 3.8) is 0 Å². The van der Waals surface area contributed by atoms with Gasteiger partial charge < -0.3 is 16.0 Å². The number of piperidine rings is 1. The normalized spacial score (nSPS) is 20.7. The minimum absolute atomic E-state index is 0. The van der Waals surface area contributed by atoms with E-state index in [4.69, 9.17) is 11.0 Å². The first-order valence-electron chi connectivity index (χ1n) is 11.0. The number of nitrogens with zero attached hydrogens (tertiary/aromatic N) is 3. The number of hydrogen-bond donors (Lipinski definition) is 2. The predicted octanol–water partition coefficient (Wildman–Crippen LogP) is 5.39. The number of nitrogens with two attached hydrogens (primary N) is 1. The maximum absolute atomic E-state index is 15.4. The molecule has 1 aromatic heterocycles. The molecular weight excluding hydrogens is 533 g/mol. The zero-order valence-corrected chi connectivity index (χ0v) is 21.3. The van der Waals surface area contributed by atoms with Crippen LogP contribution in [0.25, 0.3) is 5.57 Å². The van der Waals surface area contributed by atoms with Crippen molar-refractivity contribution >= 4 is 47.7 Å². The van der Waals surface area contributed by atoms with Gasteiger partial charge in [0, 0.05) is 37.3 Å². The van der Waals surface area contributed by atoms with Gasteiger partial charge in [0.1, 0.15) is 11.6 Å². The summed E-state index contributed by atoms with van der Waals surface area (Å²) in [6.45, 7) is 3.29. The number of carbonyl (C=O) groups is 1. The molecule has 1 aliphatic carbocycles. The van der Waals surface area contributed by atoms with Crippen molar-refractivity contribution in [1.29, 1.82) is 5.26 Å². The number of halogens is 6. The van der Waals surface area contributed by atoms with Crippen LogP contribution in [-0.2, 0) is 4.79 Å².